The molecule has 1 saturated heterocycles. The van der Waals surface area contributed by atoms with Gasteiger partial charge in [0.05, 0.1) is 11.7 Å². The molecule has 2 aliphatic rings. The first-order valence-electron chi connectivity index (χ1n) is 7.10. The van der Waals surface area contributed by atoms with Crippen molar-refractivity contribution in [1.82, 2.24) is 5.32 Å². The minimum Gasteiger partial charge on any atom is -0.435 e. The average Bonchev–Trinajstić information content (AvgIpc) is 2.87. The van der Waals surface area contributed by atoms with E-state index < -0.39 is 6.61 Å². The first-order chi connectivity index (χ1) is 9.67. The van der Waals surface area contributed by atoms with Gasteiger partial charge in [0.1, 0.15) is 5.75 Å². The largest absolute Gasteiger partial charge is 0.435 e. The van der Waals surface area contributed by atoms with E-state index in [2.05, 4.69) is 10.1 Å². The lowest BCUT2D eigenvalue weighted by molar-refractivity contribution is -0.114. The van der Waals surface area contributed by atoms with Crippen molar-refractivity contribution in [2.24, 2.45) is 0 Å². The van der Waals surface area contributed by atoms with Gasteiger partial charge in [-0.05, 0) is 30.5 Å². The molecule has 1 spiro atoms. The maximum Gasteiger partial charge on any atom is 0.387 e. The molecular formula is C15H19F2NO2. The van der Waals surface area contributed by atoms with E-state index >= 15 is 0 Å². The highest BCUT2D eigenvalue weighted by molar-refractivity contribution is 5.29. The summed E-state index contributed by atoms with van der Waals surface area (Å²) in [5.74, 6) is 0.183. The first-order valence-corrected chi connectivity index (χ1v) is 7.10. The summed E-state index contributed by atoms with van der Waals surface area (Å²) in [7, 11) is 0. The Labute approximate surface area is 117 Å². The molecule has 3 rings (SSSR count). The van der Waals surface area contributed by atoms with Gasteiger partial charge in [-0.25, -0.2) is 0 Å². The van der Waals surface area contributed by atoms with E-state index in [0.29, 0.717) is 0 Å². The molecule has 3 nitrogen and oxygen atoms in total. The molecule has 2 fully saturated rings. The third kappa shape index (κ3) is 2.94. The quantitative estimate of drug-likeness (QED) is 0.923. The molecule has 20 heavy (non-hydrogen) atoms. The number of hydrogen-bond acceptors (Lipinski definition) is 3. The molecule has 1 aliphatic carbocycles. The highest BCUT2D eigenvalue weighted by Gasteiger charge is 2.39. The average molecular weight is 283 g/mol. The summed E-state index contributed by atoms with van der Waals surface area (Å²) >= 11 is 0. The fourth-order valence-corrected chi connectivity index (χ4v) is 3.18. The van der Waals surface area contributed by atoms with E-state index in [0.717, 1.165) is 31.5 Å². The Hall–Kier alpha value is -1.20. The van der Waals surface area contributed by atoms with Crippen LogP contribution in [-0.4, -0.2) is 25.3 Å². The summed E-state index contributed by atoms with van der Waals surface area (Å²) in [5, 5.41) is 3.44. The summed E-state index contributed by atoms with van der Waals surface area (Å²) in [6.07, 6.45) is 4.62. The number of ether oxygens (including phenoxy) is 2. The van der Waals surface area contributed by atoms with Gasteiger partial charge < -0.3 is 14.8 Å². The normalized spacial score (nSPS) is 25.2. The molecule has 1 heterocycles. The van der Waals surface area contributed by atoms with E-state index in [1.165, 1.54) is 12.8 Å². The van der Waals surface area contributed by atoms with Crippen LogP contribution in [0.25, 0.3) is 0 Å². The van der Waals surface area contributed by atoms with E-state index in [9.17, 15) is 8.78 Å². The second-order valence-electron chi connectivity index (χ2n) is 5.58. The zero-order valence-electron chi connectivity index (χ0n) is 11.3. The summed E-state index contributed by atoms with van der Waals surface area (Å²) in [5.41, 5.74) is 0.978. The second kappa shape index (κ2) is 5.66. The first kappa shape index (κ1) is 13.8. The fourth-order valence-electron chi connectivity index (χ4n) is 3.18. The van der Waals surface area contributed by atoms with Gasteiger partial charge in [-0.15, -0.1) is 0 Å². The molecule has 1 aromatic rings. The monoisotopic (exact) mass is 283 g/mol. The SMILES string of the molecule is FC(F)Oc1ccc(C2CNCC3(CCCC3)O2)cc1. The van der Waals surface area contributed by atoms with Crippen LogP contribution in [0.3, 0.4) is 0 Å². The van der Waals surface area contributed by atoms with Crippen LogP contribution < -0.4 is 10.1 Å². The molecule has 0 bridgehead atoms. The predicted molar refractivity (Wildman–Crippen MR) is 71.0 cm³/mol. The Morgan fingerprint density at radius 3 is 2.55 bits per heavy atom. The van der Waals surface area contributed by atoms with Gasteiger partial charge in [0.25, 0.3) is 0 Å². The Bertz CT molecular complexity index is 444. The molecular weight excluding hydrogens is 264 g/mol. The van der Waals surface area contributed by atoms with Crippen molar-refractivity contribution in [2.75, 3.05) is 13.1 Å². The maximum atomic E-state index is 12.1. The molecule has 1 atom stereocenters. The Morgan fingerprint density at radius 1 is 1.20 bits per heavy atom. The number of rotatable bonds is 3. The van der Waals surface area contributed by atoms with E-state index in [4.69, 9.17) is 4.74 Å². The van der Waals surface area contributed by atoms with Crippen molar-refractivity contribution in [3.8, 4) is 5.75 Å². The van der Waals surface area contributed by atoms with Gasteiger partial charge in [-0.1, -0.05) is 25.0 Å². The number of alkyl halides is 2. The lowest BCUT2D eigenvalue weighted by atomic mass is 9.97. The molecule has 1 aliphatic heterocycles. The van der Waals surface area contributed by atoms with Crippen LogP contribution in [0.15, 0.2) is 24.3 Å². The van der Waals surface area contributed by atoms with Crippen molar-refractivity contribution in [3.63, 3.8) is 0 Å². The standard InChI is InChI=1S/C15H19F2NO2/c16-14(17)19-12-5-3-11(4-6-12)13-9-18-10-15(20-13)7-1-2-8-15/h3-6,13-14,18H,1-2,7-10H2. The lowest BCUT2D eigenvalue weighted by Gasteiger charge is -2.39. The summed E-state index contributed by atoms with van der Waals surface area (Å²) in [6.45, 7) is -1.11. The molecule has 1 saturated carbocycles. The summed E-state index contributed by atoms with van der Waals surface area (Å²) in [6, 6.07) is 6.75. The Morgan fingerprint density at radius 2 is 1.90 bits per heavy atom. The van der Waals surface area contributed by atoms with E-state index in [1.807, 2.05) is 0 Å². The third-order valence-electron chi connectivity index (χ3n) is 4.16. The van der Waals surface area contributed by atoms with Crippen molar-refractivity contribution >= 4 is 0 Å². The molecule has 5 heteroatoms. The molecule has 1 aromatic carbocycles. The molecule has 0 amide bonds. The Balaban J connectivity index is 1.69. The van der Waals surface area contributed by atoms with Crippen LogP contribution in [0, 0.1) is 0 Å². The van der Waals surface area contributed by atoms with Crippen LogP contribution in [0.1, 0.15) is 37.4 Å². The van der Waals surface area contributed by atoms with Crippen LogP contribution in [-0.2, 0) is 4.74 Å². The van der Waals surface area contributed by atoms with Crippen LogP contribution in [0.5, 0.6) is 5.75 Å². The zero-order valence-corrected chi connectivity index (χ0v) is 11.3. The van der Waals surface area contributed by atoms with Crippen molar-refractivity contribution in [2.45, 2.75) is 44.0 Å². The summed E-state index contributed by atoms with van der Waals surface area (Å²) < 4.78 is 34.9. The van der Waals surface area contributed by atoms with Crippen molar-refractivity contribution in [1.29, 1.82) is 0 Å². The van der Waals surface area contributed by atoms with Crippen molar-refractivity contribution in [3.05, 3.63) is 29.8 Å². The fraction of sp³-hybridized carbons (Fsp3) is 0.600. The van der Waals surface area contributed by atoms with E-state index in [-0.39, 0.29) is 17.5 Å². The minimum atomic E-state index is -2.78. The van der Waals surface area contributed by atoms with Crippen molar-refractivity contribution < 1.29 is 18.3 Å². The minimum absolute atomic E-state index is 0.0116. The smallest absolute Gasteiger partial charge is 0.387 e. The third-order valence-corrected chi connectivity index (χ3v) is 4.16. The molecule has 1 unspecified atom stereocenters. The van der Waals surface area contributed by atoms with Gasteiger partial charge in [0.15, 0.2) is 0 Å². The number of hydrogen-bond donors (Lipinski definition) is 1. The molecule has 110 valence electrons. The second-order valence-corrected chi connectivity index (χ2v) is 5.58. The Kier molecular flexibility index (Phi) is 3.89. The lowest BCUT2D eigenvalue weighted by Crippen LogP contribution is -2.49. The predicted octanol–water partition coefficient (Wildman–Crippen LogP) is 3.26. The maximum absolute atomic E-state index is 12.1. The van der Waals surface area contributed by atoms with Gasteiger partial charge in [0.2, 0.25) is 0 Å². The van der Waals surface area contributed by atoms with Crippen LogP contribution in [0.2, 0.25) is 0 Å². The van der Waals surface area contributed by atoms with Crippen LogP contribution in [0.4, 0.5) is 8.78 Å². The van der Waals surface area contributed by atoms with Gasteiger partial charge >= 0.3 is 6.61 Å². The highest BCUT2D eigenvalue weighted by atomic mass is 19.3. The number of benzene rings is 1. The highest BCUT2D eigenvalue weighted by Crippen LogP contribution is 2.39. The zero-order chi connectivity index (χ0) is 14.0. The summed E-state index contributed by atoms with van der Waals surface area (Å²) in [4.78, 5) is 0. The number of nitrogens with one attached hydrogen (secondary N) is 1. The topological polar surface area (TPSA) is 30.5 Å². The molecule has 0 radical (unpaired) electrons. The molecule has 0 aromatic heterocycles. The number of halogens is 2. The van der Waals surface area contributed by atoms with Gasteiger partial charge in [-0.3, -0.25) is 0 Å². The van der Waals surface area contributed by atoms with Crippen LogP contribution >= 0.6 is 0 Å². The number of morpholine rings is 1. The van der Waals surface area contributed by atoms with Gasteiger partial charge in [-0.2, -0.15) is 8.78 Å². The van der Waals surface area contributed by atoms with Gasteiger partial charge in [0, 0.05) is 13.1 Å². The van der Waals surface area contributed by atoms with E-state index in [1.54, 1.807) is 24.3 Å². The molecule has 1 N–H and O–H groups in total.